The molecule has 0 saturated heterocycles. The summed E-state index contributed by atoms with van der Waals surface area (Å²) in [5.74, 6) is -0.349. The van der Waals surface area contributed by atoms with Crippen molar-refractivity contribution in [1.29, 1.82) is 0 Å². The second-order valence-electron chi connectivity index (χ2n) is 5.26. The van der Waals surface area contributed by atoms with Gasteiger partial charge in [0.05, 0.1) is 0 Å². The van der Waals surface area contributed by atoms with E-state index >= 15 is 0 Å². The van der Waals surface area contributed by atoms with Gasteiger partial charge in [0.25, 0.3) is 0 Å². The molecule has 6 heteroatoms. The first-order valence-corrected chi connectivity index (χ1v) is 8.66. The van der Waals surface area contributed by atoms with E-state index in [1.165, 1.54) is 17.8 Å². The summed E-state index contributed by atoms with van der Waals surface area (Å²) < 4.78 is 13.0. The second kappa shape index (κ2) is 8.85. The van der Waals surface area contributed by atoms with Gasteiger partial charge in [-0.05, 0) is 68.0 Å². The monoisotopic (exact) mass is 365 g/mol. The molecule has 0 unspecified atom stereocenters. The van der Waals surface area contributed by atoms with Gasteiger partial charge in [0.15, 0.2) is 5.11 Å². The zero-order chi connectivity index (χ0) is 17.5. The van der Waals surface area contributed by atoms with E-state index in [1.807, 2.05) is 12.1 Å². The highest BCUT2D eigenvalue weighted by molar-refractivity contribution is 7.80. The van der Waals surface area contributed by atoms with Gasteiger partial charge in [-0.3, -0.25) is 0 Å². The lowest BCUT2D eigenvalue weighted by molar-refractivity contribution is 0.627. The maximum Gasteiger partial charge on any atom is 0.171 e. The Balaban J connectivity index is 1.90. The first-order chi connectivity index (χ1) is 11.5. The molecule has 0 fully saturated rings. The number of nitrogens with one attached hydrogen (secondary N) is 2. The zero-order valence-corrected chi connectivity index (χ0v) is 15.3. The number of hydrogen-bond donors (Lipinski definition) is 2. The Morgan fingerprint density at radius 2 is 1.79 bits per heavy atom. The number of thiocarbonyl (C=S) groups is 1. The molecule has 128 valence electrons. The smallest absolute Gasteiger partial charge is 0.171 e. The zero-order valence-electron chi connectivity index (χ0n) is 13.8. The molecule has 2 N–H and O–H groups in total. The SMILES string of the molecule is CCN(CC)c1ccc(NC(=S)NCc2ccc(F)cc2Cl)cc1. The molecule has 0 aliphatic heterocycles. The first-order valence-electron chi connectivity index (χ1n) is 7.87. The summed E-state index contributed by atoms with van der Waals surface area (Å²) in [6, 6.07) is 12.4. The molecule has 0 aliphatic carbocycles. The van der Waals surface area contributed by atoms with Gasteiger partial charge in [0.2, 0.25) is 0 Å². The van der Waals surface area contributed by atoms with Crippen LogP contribution in [0.2, 0.25) is 5.02 Å². The van der Waals surface area contributed by atoms with Crippen LogP contribution in [0.5, 0.6) is 0 Å². The minimum Gasteiger partial charge on any atom is -0.372 e. The topological polar surface area (TPSA) is 27.3 Å². The van der Waals surface area contributed by atoms with Crippen LogP contribution in [0.1, 0.15) is 19.4 Å². The van der Waals surface area contributed by atoms with Crippen molar-refractivity contribution in [3.05, 3.63) is 58.9 Å². The Kier molecular flexibility index (Phi) is 6.82. The number of benzene rings is 2. The molecule has 0 saturated carbocycles. The van der Waals surface area contributed by atoms with E-state index in [0.29, 0.717) is 16.7 Å². The number of anilines is 2. The third-order valence-corrected chi connectivity index (χ3v) is 4.31. The predicted molar refractivity (Wildman–Crippen MR) is 104 cm³/mol. The van der Waals surface area contributed by atoms with Crippen LogP contribution in [0, 0.1) is 5.82 Å². The molecular weight excluding hydrogens is 345 g/mol. The number of hydrogen-bond acceptors (Lipinski definition) is 2. The largest absolute Gasteiger partial charge is 0.372 e. The lowest BCUT2D eigenvalue weighted by Crippen LogP contribution is -2.28. The normalized spacial score (nSPS) is 10.3. The third kappa shape index (κ3) is 5.08. The summed E-state index contributed by atoms with van der Waals surface area (Å²) >= 11 is 11.3. The quantitative estimate of drug-likeness (QED) is 0.718. The van der Waals surface area contributed by atoms with Gasteiger partial charge in [-0.15, -0.1) is 0 Å². The molecule has 0 radical (unpaired) electrons. The minimum atomic E-state index is -0.349. The van der Waals surface area contributed by atoms with Crippen molar-refractivity contribution in [2.45, 2.75) is 20.4 Å². The third-order valence-electron chi connectivity index (χ3n) is 3.71. The van der Waals surface area contributed by atoms with Gasteiger partial charge in [0, 0.05) is 36.0 Å². The Hall–Kier alpha value is -1.85. The molecule has 0 amide bonds. The predicted octanol–water partition coefficient (Wildman–Crippen LogP) is 4.81. The van der Waals surface area contributed by atoms with E-state index in [0.717, 1.165) is 24.3 Å². The molecule has 2 aromatic carbocycles. The molecular formula is C18H21ClFN3S. The summed E-state index contributed by atoms with van der Waals surface area (Å²) in [6.45, 7) is 6.65. The van der Waals surface area contributed by atoms with E-state index in [4.69, 9.17) is 23.8 Å². The van der Waals surface area contributed by atoms with Crippen LogP contribution in [0.4, 0.5) is 15.8 Å². The highest BCUT2D eigenvalue weighted by Crippen LogP contribution is 2.18. The van der Waals surface area contributed by atoms with Crippen LogP contribution >= 0.6 is 23.8 Å². The molecule has 0 aromatic heterocycles. The Labute approximate surface area is 152 Å². The van der Waals surface area contributed by atoms with Gasteiger partial charge in [-0.25, -0.2) is 4.39 Å². The second-order valence-corrected chi connectivity index (χ2v) is 6.08. The van der Waals surface area contributed by atoms with Crippen LogP contribution in [0.15, 0.2) is 42.5 Å². The highest BCUT2D eigenvalue weighted by atomic mass is 35.5. The van der Waals surface area contributed by atoms with Gasteiger partial charge in [-0.2, -0.15) is 0 Å². The highest BCUT2D eigenvalue weighted by Gasteiger charge is 2.05. The fourth-order valence-corrected chi connectivity index (χ4v) is 2.78. The maximum absolute atomic E-state index is 13.0. The summed E-state index contributed by atoms with van der Waals surface area (Å²) in [5, 5.41) is 7.08. The minimum absolute atomic E-state index is 0.349. The van der Waals surface area contributed by atoms with E-state index in [9.17, 15) is 4.39 Å². The van der Waals surface area contributed by atoms with Crippen molar-refractivity contribution in [3.8, 4) is 0 Å². The Morgan fingerprint density at radius 1 is 1.12 bits per heavy atom. The molecule has 0 spiro atoms. The summed E-state index contributed by atoms with van der Waals surface area (Å²) in [4.78, 5) is 2.27. The summed E-state index contributed by atoms with van der Waals surface area (Å²) in [5.41, 5.74) is 2.88. The summed E-state index contributed by atoms with van der Waals surface area (Å²) in [6.07, 6.45) is 0. The fourth-order valence-electron chi connectivity index (χ4n) is 2.36. The van der Waals surface area contributed by atoms with Crippen molar-refractivity contribution < 1.29 is 4.39 Å². The Bertz CT molecular complexity index is 687. The van der Waals surface area contributed by atoms with Crippen LogP contribution in [-0.2, 0) is 6.54 Å². The van der Waals surface area contributed by atoms with Gasteiger partial charge in [-0.1, -0.05) is 17.7 Å². The van der Waals surface area contributed by atoms with E-state index in [1.54, 1.807) is 6.07 Å². The standard InChI is InChI=1S/C18H21ClFN3S/c1-3-23(4-2)16-9-7-15(8-10-16)22-18(24)21-12-13-5-6-14(20)11-17(13)19/h5-11H,3-4,12H2,1-2H3,(H2,21,22,24). The number of halogens is 2. The number of rotatable bonds is 6. The molecule has 2 aromatic rings. The molecule has 0 heterocycles. The molecule has 24 heavy (non-hydrogen) atoms. The molecule has 0 aliphatic rings. The van der Waals surface area contributed by atoms with Crippen LogP contribution in [0.3, 0.4) is 0 Å². The van der Waals surface area contributed by atoms with Crippen LogP contribution < -0.4 is 15.5 Å². The van der Waals surface area contributed by atoms with E-state index in [-0.39, 0.29) is 5.82 Å². The lowest BCUT2D eigenvalue weighted by atomic mass is 10.2. The fraction of sp³-hybridized carbons (Fsp3) is 0.278. The van der Waals surface area contributed by atoms with Crippen molar-refractivity contribution in [3.63, 3.8) is 0 Å². The molecule has 2 rings (SSSR count). The molecule has 0 atom stereocenters. The van der Waals surface area contributed by atoms with Gasteiger partial charge in [0.1, 0.15) is 5.82 Å². The van der Waals surface area contributed by atoms with Crippen molar-refractivity contribution in [1.82, 2.24) is 5.32 Å². The lowest BCUT2D eigenvalue weighted by Gasteiger charge is -2.21. The van der Waals surface area contributed by atoms with E-state index in [2.05, 4.69) is 41.5 Å². The maximum atomic E-state index is 13.0. The average molecular weight is 366 g/mol. The van der Waals surface area contributed by atoms with Crippen molar-refractivity contribution >= 4 is 40.3 Å². The van der Waals surface area contributed by atoms with Crippen LogP contribution in [-0.4, -0.2) is 18.2 Å². The van der Waals surface area contributed by atoms with Gasteiger partial charge < -0.3 is 15.5 Å². The van der Waals surface area contributed by atoms with Crippen molar-refractivity contribution in [2.24, 2.45) is 0 Å². The first kappa shape index (κ1) is 18.5. The van der Waals surface area contributed by atoms with Gasteiger partial charge >= 0.3 is 0 Å². The Morgan fingerprint density at radius 3 is 2.38 bits per heavy atom. The molecule has 3 nitrogen and oxygen atoms in total. The summed E-state index contributed by atoms with van der Waals surface area (Å²) in [7, 11) is 0. The van der Waals surface area contributed by atoms with Crippen LogP contribution in [0.25, 0.3) is 0 Å². The van der Waals surface area contributed by atoms with E-state index < -0.39 is 0 Å². The average Bonchev–Trinajstić information content (AvgIpc) is 2.56. The number of nitrogens with zero attached hydrogens (tertiary/aromatic N) is 1. The van der Waals surface area contributed by atoms with Crippen molar-refractivity contribution in [2.75, 3.05) is 23.3 Å². The molecule has 0 bridgehead atoms.